The molecule has 0 unspecified atom stereocenters. The molecule has 1 heterocycles. The van der Waals surface area contributed by atoms with Gasteiger partial charge in [-0.25, -0.2) is 13.2 Å². The number of halogens is 3. The Bertz CT molecular complexity index is 368. The molecule has 1 rings (SSSR count). The van der Waals surface area contributed by atoms with Crippen LogP contribution in [0.5, 0.6) is 0 Å². The minimum absolute atomic E-state index is 0.0721. The molecule has 0 fully saturated rings. The van der Waals surface area contributed by atoms with Gasteiger partial charge in [0, 0.05) is 6.07 Å². The third-order valence-corrected chi connectivity index (χ3v) is 1.64. The molecule has 0 aliphatic heterocycles. The van der Waals surface area contributed by atoms with Gasteiger partial charge in [0.15, 0.2) is 0 Å². The third-order valence-electron chi connectivity index (χ3n) is 1.64. The number of nitrogens with zero attached hydrogens (tertiary/aromatic N) is 1. The van der Waals surface area contributed by atoms with Gasteiger partial charge in [-0.15, -0.1) is 0 Å². The van der Waals surface area contributed by atoms with E-state index >= 15 is 0 Å². The predicted molar refractivity (Wildman–Crippen MR) is 44.9 cm³/mol. The molecular weight excluding hydrogens is 211 g/mol. The molecule has 0 aliphatic rings. The number of aromatic nitrogens is 1. The Morgan fingerprint density at radius 1 is 1.53 bits per heavy atom. The number of rotatable bonds is 3. The van der Waals surface area contributed by atoms with E-state index in [-0.39, 0.29) is 12.1 Å². The van der Waals surface area contributed by atoms with Crippen molar-refractivity contribution in [3.8, 4) is 0 Å². The molecule has 0 aromatic carbocycles. The Morgan fingerprint density at radius 2 is 2.20 bits per heavy atom. The van der Waals surface area contributed by atoms with E-state index in [1.54, 1.807) is 0 Å². The fraction of sp³-hybridized carbons (Fsp3) is 0.333. The Balaban J connectivity index is 2.93. The zero-order chi connectivity index (χ0) is 11.4. The van der Waals surface area contributed by atoms with Crippen LogP contribution >= 0.6 is 0 Å². The molecule has 1 aromatic heterocycles. The number of hydrogen-bond donors (Lipinski definition) is 0. The van der Waals surface area contributed by atoms with Crippen LogP contribution in [0, 0.1) is 5.82 Å². The monoisotopic (exact) mass is 219 g/mol. The lowest BCUT2D eigenvalue weighted by molar-refractivity contribution is -0.139. The molecule has 0 saturated heterocycles. The molecule has 6 heteroatoms. The van der Waals surface area contributed by atoms with Crippen molar-refractivity contribution >= 4 is 5.97 Å². The van der Waals surface area contributed by atoms with Crippen LogP contribution in [0.3, 0.4) is 0 Å². The van der Waals surface area contributed by atoms with Gasteiger partial charge in [0.25, 0.3) is 6.43 Å². The number of esters is 1. The first-order valence-electron chi connectivity index (χ1n) is 4.04. The van der Waals surface area contributed by atoms with E-state index in [2.05, 4.69) is 9.72 Å². The van der Waals surface area contributed by atoms with Crippen molar-refractivity contribution in [2.24, 2.45) is 0 Å². The van der Waals surface area contributed by atoms with Crippen molar-refractivity contribution in [3.05, 3.63) is 29.3 Å². The van der Waals surface area contributed by atoms with E-state index in [0.717, 1.165) is 13.2 Å². The summed E-state index contributed by atoms with van der Waals surface area (Å²) in [6.45, 7) is 0. The van der Waals surface area contributed by atoms with E-state index < -0.39 is 23.9 Å². The molecule has 82 valence electrons. The Labute approximate surface area is 83.9 Å². The number of carbonyl (C=O) groups excluding carboxylic acids is 1. The summed E-state index contributed by atoms with van der Waals surface area (Å²) in [5, 5.41) is 0. The highest BCUT2D eigenvalue weighted by Crippen LogP contribution is 2.18. The summed E-state index contributed by atoms with van der Waals surface area (Å²) in [6.07, 6.45) is -3.19. The quantitative estimate of drug-likeness (QED) is 0.728. The van der Waals surface area contributed by atoms with E-state index in [1.807, 2.05) is 0 Å². The minimum Gasteiger partial charge on any atom is -0.469 e. The smallest absolute Gasteiger partial charge is 0.311 e. The fourth-order valence-corrected chi connectivity index (χ4v) is 0.995. The van der Waals surface area contributed by atoms with Crippen LogP contribution in [0.25, 0.3) is 0 Å². The molecule has 15 heavy (non-hydrogen) atoms. The van der Waals surface area contributed by atoms with Crippen LogP contribution in [-0.2, 0) is 16.0 Å². The summed E-state index contributed by atoms with van der Waals surface area (Å²) >= 11 is 0. The summed E-state index contributed by atoms with van der Waals surface area (Å²) in [4.78, 5) is 14.2. The van der Waals surface area contributed by atoms with Gasteiger partial charge in [0.1, 0.15) is 11.5 Å². The molecule has 0 N–H and O–H groups in total. The summed E-state index contributed by atoms with van der Waals surface area (Å²) in [6, 6.07) is 1.55. The first-order valence-corrected chi connectivity index (χ1v) is 4.04. The van der Waals surface area contributed by atoms with Crippen LogP contribution in [0.1, 0.15) is 17.8 Å². The normalized spacial score (nSPS) is 10.5. The summed E-state index contributed by atoms with van der Waals surface area (Å²) in [5.74, 6) is -1.51. The van der Waals surface area contributed by atoms with E-state index in [9.17, 15) is 18.0 Å². The largest absolute Gasteiger partial charge is 0.469 e. The van der Waals surface area contributed by atoms with Crippen LogP contribution in [0.4, 0.5) is 13.2 Å². The van der Waals surface area contributed by atoms with Gasteiger partial charge in [-0.2, -0.15) is 0 Å². The van der Waals surface area contributed by atoms with Crippen LogP contribution in [0.2, 0.25) is 0 Å². The van der Waals surface area contributed by atoms with Gasteiger partial charge in [0.05, 0.1) is 19.2 Å². The molecule has 0 spiro atoms. The second-order valence-electron chi connectivity index (χ2n) is 2.76. The number of alkyl halides is 2. The van der Waals surface area contributed by atoms with Gasteiger partial charge in [0.2, 0.25) is 0 Å². The molecule has 0 atom stereocenters. The Kier molecular flexibility index (Phi) is 3.65. The first kappa shape index (κ1) is 11.5. The third kappa shape index (κ3) is 3.23. The molecule has 0 bridgehead atoms. The highest BCUT2D eigenvalue weighted by molar-refractivity contribution is 5.71. The second-order valence-corrected chi connectivity index (χ2v) is 2.76. The molecule has 0 saturated carbocycles. The second kappa shape index (κ2) is 4.77. The highest BCUT2D eigenvalue weighted by atomic mass is 19.3. The summed E-state index contributed by atoms with van der Waals surface area (Å²) in [5.41, 5.74) is -0.758. The van der Waals surface area contributed by atoms with Crippen molar-refractivity contribution in [2.45, 2.75) is 12.8 Å². The lowest BCUT2D eigenvalue weighted by atomic mass is 10.2. The Hall–Kier alpha value is -1.59. The fourth-order valence-electron chi connectivity index (χ4n) is 0.995. The summed E-state index contributed by atoms with van der Waals surface area (Å²) in [7, 11) is 1.15. The topological polar surface area (TPSA) is 39.2 Å². The van der Waals surface area contributed by atoms with Crippen molar-refractivity contribution in [3.63, 3.8) is 0 Å². The molecule has 0 radical (unpaired) electrons. The van der Waals surface area contributed by atoms with E-state index in [4.69, 9.17) is 0 Å². The number of carbonyl (C=O) groups is 1. The van der Waals surface area contributed by atoms with Crippen molar-refractivity contribution in [1.29, 1.82) is 0 Å². The number of methoxy groups -OCH3 is 1. The van der Waals surface area contributed by atoms with Crippen LogP contribution in [-0.4, -0.2) is 18.1 Å². The first-order chi connectivity index (χ1) is 7.02. The van der Waals surface area contributed by atoms with Crippen molar-refractivity contribution in [2.75, 3.05) is 7.11 Å². The average molecular weight is 219 g/mol. The van der Waals surface area contributed by atoms with Crippen LogP contribution in [0.15, 0.2) is 12.1 Å². The zero-order valence-electron chi connectivity index (χ0n) is 7.84. The van der Waals surface area contributed by atoms with Crippen molar-refractivity contribution < 1.29 is 22.7 Å². The predicted octanol–water partition coefficient (Wildman–Crippen LogP) is 1.87. The maximum atomic E-state index is 12.8. The van der Waals surface area contributed by atoms with Gasteiger partial charge in [-0.1, -0.05) is 0 Å². The number of pyridine rings is 1. The SMILES string of the molecule is COC(=O)Cc1cc(F)cc(C(F)F)n1. The van der Waals surface area contributed by atoms with Gasteiger partial charge in [-0.3, -0.25) is 9.78 Å². The molecule has 0 amide bonds. The maximum Gasteiger partial charge on any atom is 0.311 e. The molecule has 0 aliphatic carbocycles. The lowest BCUT2D eigenvalue weighted by Crippen LogP contribution is -2.08. The standard InChI is InChI=1S/C9H8F3NO2/c1-15-8(14)4-6-2-5(10)3-7(13-6)9(11)12/h2-3,9H,4H2,1H3. The zero-order valence-corrected chi connectivity index (χ0v) is 7.84. The highest BCUT2D eigenvalue weighted by Gasteiger charge is 2.13. The van der Waals surface area contributed by atoms with Gasteiger partial charge in [-0.05, 0) is 6.07 Å². The van der Waals surface area contributed by atoms with Crippen molar-refractivity contribution in [1.82, 2.24) is 4.98 Å². The number of ether oxygens (including phenoxy) is 1. The molecule has 1 aromatic rings. The lowest BCUT2D eigenvalue weighted by Gasteiger charge is -2.03. The average Bonchev–Trinajstić information content (AvgIpc) is 2.16. The summed E-state index contributed by atoms with van der Waals surface area (Å²) < 4.78 is 41.5. The van der Waals surface area contributed by atoms with E-state index in [0.29, 0.717) is 6.07 Å². The molecule has 3 nitrogen and oxygen atoms in total. The van der Waals surface area contributed by atoms with Gasteiger partial charge >= 0.3 is 5.97 Å². The maximum absolute atomic E-state index is 12.8. The van der Waals surface area contributed by atoms with E-state index in [1.165, 1.54) is 0 Å². The minimum atomic E-state index is -2.86. The number of hydrogen-bond acceptors (Lipinski definition) is 3. The molecular formula is C9H8F3NO2. The van der Waals surface area contributed by atoms with Crippen LogP contribution < -0.4 is 0 Å². The van der Waals surface area contributed by atoms with Gasteiger partial charge < -0.3 is 4.74 Å². The Morgan fingerprint density at radius 3 is 2.73 bits per heavy atom.